The molecule has 0 atom stereocenters. The lowest BCUT2D eigenvalue weighted by Crippen LogP contribution is -2.41. The minimum Gasteiger partial charge on any atom is -0.370 e. The molecule has 1 N–H and O–H groups in total. The van der Waals surface area contributed by atoms with Gasteiger partial charge in [0.1, 0.15) is 0 Å². The van der Waals surface area contributed by atoms with Gasteiger partial charge in [0.15, 0.2) is 0 Å². The maximum atomic E-state index is 4.56. The third kappa shape index (κ3) is 3.70. The van der Waals surface area contributed by atoms with E-state index in [9.17, 15) is 0 Å². The van der Waals surface area contributed by atoms with E-state index in [0.717, 1.165) is 29.8 Å². The number of nitrogens with zero attached hydrogens (tertiary/aromatic N) is 3. The zero-order chi connectivity index (χ0) is 15.2. The van der Waals surface area contributed by atoms with Gasteiger partial charge in [-0.25, -0.2) is 0 Å². The molecule has 0 aromatic carbocycles. The van der Waals surface area contributed by atoms with Gasteiger partial charge < -0.3 is 10.2 Å². The number of rotatable bonds is 2. The van der Waals surface area contributed by atoms with Crippen molar-refractivity contribution in [2.45, 2.75) is 39.7 Å². The smallest absolute Gasteiger partial charge is 0.0910 e. The van der Waals surface area contributed by atoms with Gasteiger partial charge in [0, 0.05) is 24.8 Å². The van der Waals surface area contributed by atoms with Gasteiger partial charge in [-0.1, -0.05) is 13.8 Å². The van der Waals surface area contributed by atoms with Crippen LogP contribution in [0.25, 0.3) is 11.0 Å². The Hall–Kier alpha value is -1.68. The summed E-state index contributed by atoms with van der Waals surface area (Å²) in [6, 6.07) is 6.86. The minimum absolute atomic E-state index is 0.657. The molecule has 0 spiro atoms. The zero-order valence-corrected chi connectivity index (χ0v) is 13.6. The lowest BCUT2D eigenvalue weighted by molar-refractivity contribution is 0.442. The first-order chi connectivity index (χ1) is 10.3. The van der Waals surface area contributed by atoms with Crippen LogP contribution in [0.5, 0.6) is 0 Å². The van der Waals surface area contributed by atoms with Crippen molar-refractivity contribution in [3.63, 3.8) is 0 Å². The molecule has 3 rings (SSSR count). The number of pyridine rings is 2. The molecule has 0 amide bonds. The Labute approximate surface area is 127 Å². The molecule has 4 heteroatoms. The van der Waals surface area contributed by atoms with E-state index >= 15 is 0 Å². The lowest BCUT2D eigenvalue weighted by atomic mass is 10.0. The summed E-state index contributed by atoms with van der Waals surface area (Å²) < 4.78 is 0. The first-order valence-corrected chi connectivity index (χ1v) is 7.92. The molecule has 4 nitrogen and oxygen atoms in total. The number of nitrogens with one attached hydrogen (secondary N) is 1. The second-order valence-electron chi connectivity index (χ2n) is 5.23. The average molecular weight is 286 g/mol. The molecule has 1 fully saturated rings. The van der Waals surface area contributed by atoms with E-state index in [1.165, 1.54) is 18.5 Å². The van der Waals surface area contributed by atoms with Crippen molar-refractivity contribution in [2.75, 3.05) is 25.0 Å². The molecular weight excluding hydrogens is 260 g/mol. The first kappa shape index (κ1) is 15.7. The molecule has 0 bridgehead atoms. The lowest BCUT2D eigenvalue weighted by Gasteiger charge is -2.33. The Morgan fingerprint density at radius 3 is 2.52 bits per heavy atom. The largest absolute Gasteiger partial charge is 0.370 e. The molecule has 21 heavy (non-hydrogen) atoms. The van der Waals surface area contributed by atoms with Crippen LogP contribution in [0.4, 0.5) is 5.69 Å². The summed E-state index contributed by atoms with van der Waals surface area (Å²) in [4.78, 5) is 11.5. The highest BCUT2D eigenvalue weighted by Gasteiger charge is 2.18. The molecule has 0 aliphatic carbocycles. The summed E-state index contributed by atoms with van der Waals surface area (Å²) in [7, 11) is 2.05. The monoisotopic (exact) mass is 286 g/mol. The quantitative estimate of drug-likeness (QED) is 0.921. The number of piperidine rings is 1. The molecule has 1 saturated heterocycles. The van der Waals surface area contributed by atoms with Crippen LogP contribution in [0.2, 0.25) is 0 Å². The molecule has 1 aliphatic rings. The Morgan fingerprint density at radius 1 is 1.14 bits per heavy atom. The van der Waals surface area contributed by atoms with Crippen LogP contribution >= 0.6 is 0 Å². The molecule has 1 aliphatic heterocycles. The van der Waals surface area contributed by atoms with Gasteiger partial charge in [-0.3, -0.25) is 9.97 Å². The van der Waals surface area contributed by atoms with Crippen molar-refractivity contribution in [3.8, 4) is 0 Å². The zero-order valence-electron chi connectivity index (χ0n) is 13.6. The molecular formula is C17H26N4. The fourth-order valence-corrected chi connectivity index (χ4v) is 2.70. The van der Waals surface area contributed by atoms with Gasteiger partial charge >= 0.3 is 0 Å². The molecule has 0 unspecified atom stereocenters. The van der Waals surface area contributed by atoms with Gasteiger partial charge in [-0.2, -0.15) is 0 Å². The molecule has 0 saturated carbocycles. The highest BCUT2D eigenvalue weighted by molar-refractivity contribution is 5.77. The Kier molecular flexibility index (Phi) is 5.51. The van der Waals surface area contributed by atoms with Gasteiger partial charge in [-0.05, 0) is 45.0 Å². The minimum atomic E-state index is 0.657. The van der Waals surface area contributed by atoms with Gasteiger partial charge in [0.05, 0.1) is 22.9 Å². The maximum Gasteiger partial charge on any atom is 0.0910 e. The molecule has 0 radical (unpaired) electrons. The third-order valence-electron chi connectivity index (χ3n) is 3.93. The standard InChI is InChI=1S/C15H20N4.C2H6/c1-11-3-4-14-15(18-11)9-13(10-17-14)19-7-5-12(16-2)6-8-19;1-2/h3-4,9-10,12,16H,5-8H2,1-2H3;1-2H3. The normalized spacial score (nSPS) is 15.7. The summed E-state index contributed by atoms with van der Waals surface area (Å²) >= 11 is 0. The number of aryl methyl sites for hydroxylation is 1. The van der Waals surface area contributed by atoms with Gasteiger partial charge in [-0.15, -0.1) is 0 Å². The van der Waals surface area contributed by atoms with Crippen molar-refractivity contribution in [2.24, 2.45) is 0 Å². The first-order valence-electron chi connectivity index (χ1n) is 7.92. The summed E-state index contributed by atoms with van der Waals surface area (Å²) in [5.74, 6) is 0. The number of hydrogen-bond acceptors (Lipinski definition) is 4. The number of hydrogen-bond donors (Lipinski definition) is 1. The predicted octanol–water partition coefficient (Wildman–Crippen LogP) is 3.15. The number of anilines is 1. The van der Waals surface area contributed by atoms with E-state index in [1.54, 1.807) is 0 Å². The highest BCUT2D eigenvalue weighted by Crippen LogP contribution is 2.22. The Balaban J connectivity index is 0.000000774. The topological polar surface area (TPSA) is 41.0 Å². The van der Waals surface area contributed by atoms with E-state index in [-0.39, 0.29) is 0 Å². The van der Waals surface area contributed by atoms with Crippen molar-refractivity contribution in [1.29, 1.82) is 0 Å². The van der Waals surface area contributed by atoms with Gasteiger partial charge in [0.2, 0.25) is 0 Å². The second kappa shape index (κ2) is 7.36. The van der Waals surface area contributed by atoms with E-state index in [0.29, 0.717) is 6.04 Å². The van der Waals surface area contributed by atoms with Crippen molar-refractivity contribution < 1.29 is 0 Å². The van der Waals surface area contributed by atoms with Crippen molar-refractivity contribution in [1.82, 2.24) is 15.3 Å². The fraction of sp³-hybridized carbons (Fsp3) is 0.529. The summed E-state index contributed by atoms with van der Waals surface area (Å²) in [6.45, 7) is 8.19. The SMILES string of the molecule is CC.CNC1CCN(c2cnc3ccc(C)nc3c2)CC1. The summed E-state index contributed by atoms with van der Waals surface area (Å²) in [6.07, 6.45) is 4.35. The van der Waals surface area contributed by atoms with Crippen LogP contribution < -0.4 is 10.2 Å². The Morgan fingerprint density at radius 2 is 1.86 bits per heavy atom. The van der Waals surface area contributed by atoms with Crippen LogP contribution in [0.3, 0.4) is 0 Å². The van der Waals surface area contributed by atoms with Crippen LogP contribution in [0, 0.1) is 6.92 Å². The van der Waals surface area contributed by atoms with E-state index in [4.69, 9.17) is 0 Å². The summed E-state index contributed by atoms with van der Waals surface area (Å²) in [5, 5.41) is 3.36. The summed E-state index contributed by atoms with van der Waals surface area (Å²) in [5.41, 5.74) is 4.20. The van der Waals surface area contributed by atoms with E-state index in [2.05, 4.69) is 26.3 Å². The Bertz CT molecular complexity index is 574. The highest BCUT2D eigenvalue weighted by atomic mass is 15.2. The molecule has 3 heterocycles. The number of fused-ring (bicyclic) bond motifs is 1. The van der Waals surface area contributed by atoms with Crippen LogP contribution in [-0.4, -0.2) is 36.1 Å². The van der Waals surface area contributed by atoms with E-state index in [1.807, 2.05) is 46.1 Å². The van der Waals surface area contributed by atoms with Crippen molar-refractivity contribution in [3.05, 3.63) is 30.1 Å². The maximum absolute atomic E-state index is 4.56. The average Bonchev–Trinajstić information content (AvgIpc) is 2.56. The molecule has 2 aromatic heterocycles. The fourth-order valence-electron chi connectivity index (χ4n) is 2.70. The molecule has 114 valence electrons. The van der Waals surface area contributed by atoms with Gasteiger partial charge in [0.25, 0.3) is 0 Å². The molecule has 2 aromatic rings. The van der Waals surface area contributed by atoms with Crippen LogP contribution in [0.15, 0.2) is 24.4 Å². The third-order valence-corrected chi connectivity index (χ3v) is 3.93. The van der Waals surface area contributed by atoms with Crippen LogP contribution in [0.1, 0.15) is 32.4 Å². The van der Waals surface area contributed by atoms with Crippen molar-refractivity contribution >= 4 is 16.7 Å². The van der Waals surface area contributed by atoms with Crippen LogP contribution in [-0.2, 0) is 0 Å². The van der Waals surface area contributed by atoms with E-state index < -0.39 is 0 Å². The number of aromatic nitrogens is 2. The second-order valence-corrected chi connectivity index (χ2v) is 5.23. The predicted molar refractivity (Wildman–Crippen MR) is 89.9 cm³/mol.